The van der Waals surface area contributed by atoms with Crippen molar-refractivity contribution in [3.63, 3.8) is 0 Å². The summed E-state index contributed by atoms with van der Waals surface area (Å²) in [6, 6.07) is 3.77. The number of Topliss-reactive ketones (excluding diaryl/α,β-unsaturated/α-hetero) is 1. The first kappa shape index (κ1) is 18.0. The number of ether oxygens (including phenoxy) is 1. The Morgan fingerprint density at radius 3 is 2.81 bits per heavy atom. The summed E-state index contributed by atoms with van der Waals surface area (Å²) in [7, 11) is 2.31. The second kappa shape index (κ2) is 5.28. The van der Waals surface area contributed by atoms with E-state index in [0.29, 0.717) is 18.6 Å². The first-order chi connectivity index (χ1) is 12.4. The van der Waals surface area contributed by atoms with Crippen LogP contribution in [-0.4, -0.2) is 58.4 Å². The molecule has 0 radical (unpaired) electrons. The molecule has 1 unspecified atom stereocenters. The maximum absolute atomic E-state index is 12.8. The van der Waals surface area contributed by atoms with Gasteiger partial charge in [-0.3, -0.25) is 4.79 Å². The number of hydrogen-bond acceptors (Lipinski definition) is 4. The normalized spacial score (nSPS) is 43.6. The van der Waals surface area contributed by atoms with Crippen LogP contribution in [0.5, 0.6) is 11.5 Å². The molecular weight excluding hydrogens is 410 g/mol. The molecule has 2 heterocycles. The lowest BCUT2D eigenvalue weighted by Gasteiger charge is -2.64. The Bertz CT molecular complexity index is 855. The standard InChI is InChI=1S/C21H25NO4.BrH/c1-22(11-12-2-3-12)9-8-20-17-13-4-5-14(23)18(17)26-19(20)15(24)6-7-21(20,25)16(22)10-13;/h4-5,12,16,19,25H,2-3,6-11H2,1H3;1H/t16-,19+,20+,21-,22?;/m0./s1. The van der Waals surface area contributed by atoms with Crippen LogP contribution in [0, 0.1) is 5.92 Å². The van der Waals surface area contributed by atoms with E-state index >= 15 is 0 Å². The summed E-state index contributed by atoms with van der Waals surface area (Å²) in [5.74, 6) is 1.42. The minimum atomic E-state index is -0.931. The van der Waals surface area contributed by atoms with Crippen molar-refractivity contribution >= 4 is 5.78 Å². The zero-order valence-electron chi connectivity index (χ0n) is 15.6. The van der Waals surface area contributed by atoms with Crippen LogP contribution in [0.4, 0.5) is 0 Å². The summed E-state index contributed by atoms with van der Waals surface area (Å²) in [5.41, 5.74) is 0.492. The van der Waals surface area contributed by atoms with Gasteiger partial charge in [0.2, 0.25) is 0 Å². The van der Waals surface area contributed by atoms with E-state index < -0.39 is 17.1 Å². The van der Waals surface area contributed by atoms with Crippen LogP contribution in [0.1, 0.15) is 43.2 Å². The molecule has 5 aliphatic rings. The summed E-state index contributed by atoms with van der Waals surface area (Å²) in [6.45, 7) is 2.09. The molecule has 27 heavy (non-hydrogen) atoms. The second-order valence-electron chi connectivity index (χ2n) is 9.61. The summed E-state index contributed by atoms with van der Waals surface area (Å²) in [5, 5.41) is 22.5. The van der Waals surface area contributed by atoms with Crippen molar-refractivity contribution in [2.24, 2.45) is 5.92 Å². The number of quaternary nitrogens is 1. The quantitative estimate of drug-likeness (QED) is 0.565. The molecule has 1 spiro atoms. The molecule has 2 aliphatic heterocycles. The van der Waals surface area contributed by atoms with Gasteiger partial charge in [0.15, 0.2) is 23.4 Å². The van der Waals surface area contributed by atoms with E-state index in [-0.39, 0.29) is 34.6 Å². The van der Waals surface area contributed by atoms with Crippen LogP contribution in [0.3, 0.4) is 0 Å². The topological polar surface area (TPSA) is 66.8 Å². The molecule has 5 nitrogen and oxygen atoms in total. The lowest BCUT2D eigenvalue weighted by atomic mass is 9.48. The number of hydrogen-bond donors (Lipinski definition) is 2. The van der Waals surface area contributed by atoms with Crippen molar-refractivity contribution in [3.8, 4) is 11.5 Å². The number of likely N-dealkylation sites (tertiary alicyclic amines) is 1. The Hall–Kier alpha value is -1.11. The van der Waals surface area contributed by atoms with Gasteiger partial charge in [0, 0.05) is 30.7 Å². The summed E-state index contributed by atoms with van der Waals surface area (Å²) in [6.07, 6.45) is 4.42. The lowest BCUT2D eigenvalue weighted by molar-refractivity contribution is -0.950. The number of ketones is 1. The number of piperidine rings is 1. The molecular formula is C21H26BrNO4. The van der Waals surface area contributed by atoms with Crippen molar-refractivity contribution < 1.29 is 41.2 Å². The maximum atomic E-state index is 12.8. The van der Waals surface area contributed by atoms with E-state index in [9.17, 15) is 15.0 Å². The molecule has 2 saturated carbocycles. The minimum absolute atomic E-state index is 0. The van der Waals surface area contributed by atoms with E-state index in [0.717, 1.165) is 47.5 Å². The number of aromatic hydroxyl groups is 1. The Morgan fingerprint density at radius 2 is 2.07 bits per heavy atom. The maximum Gasteiger partial charge on any atom is 0.174 e. The number of phenols is 1. The van der Waals surface area contributed by atoms with E-state index in [2.05, 4.69) is 7.05 Å². The summed E-state index contributed by atoms with van der Waals surface area (Å²) >= 11 is 0. The van der Waals surface area contributed by atoms with Gasteiger partial charge in [-0.15, -0.1) is 0 Å². The molecule has 0 aromatic heterocycles. The molecule has 0 amide bonds. The van der Waals surface area contributed by atoms with Crippen molar-refractivity contribution in [2.75, 3.05) is 20.1 Å². The SMILES string of the molecule is C[N+]1(CC2CC2)CC[C@@]23c4c5ccc(O)c4O[C@@H]2C(=O)CC[C@]3(O)[C@@H]1C5.[Br-]. The van der Waals surface area contributed by atoms with Gasteiger partial charge in [0.1, 0.15) is 11.6 Å². The Morgan fingerprint density at radius 1 is 1.30 bits per heavy atom. The molecule has 5 atom stereocenters. The molecule has 2 N–H and O–H groups in total. The third-order valence-electron chi connectivity index (χ3n) is 8.28. The lowest BCUT2D eigenvalue weighted by Crippen LogP contribution is -3.00. The number of halogens is 1. The second-order valence-corrected chi connectivity index (χ2v) is 9.61. The smallest absolute Gasteiger partial charge is 0.174 e. The largest absolute Gasteiger partial charge is 1.00 e. The average Bonchev–Trinajstić information content (AvgIpc) is 3.32. The van der Waals surface area contributed by atoms with E-state index in [1.807, 2.05) is 6.07 Å². The highest BCUT2D eigenvalue weighted by Gasteiger charge is 2.76. The first-order valence-electron chi connectivity index (χ1n) is 10.0. The van der Waals surface area contributed by atoms with E-state index in [1.165, 1.54) is 12.8 Å². The fourth-order valence-electron chi connectivity index (χ4n) is 6.94. The van der Waals surface area contributed by atoms with Crippen molar-refractivity contribution in [1.82, 2.24) is 0 Å². The van der Waals surface area contributed by atoms with Gasteiger partial charge >= 0.3 is 0 Å². The number of rotatable bonds is 2. The molecule has 1 aromatic rings. The van der Waals surface area contributed by atoms with Crippen molar-refractivity contribution in [2.45, 2.75) is 61.7 Å². The molecule has 6 heteroatoms. The van der Waals surface area contributed by atoms with E-state index in [1.54, 1.807) is 6.07 Å². The molecule has 1 saturated heterocycles. The van der Waals surface area contributed by atoms with Gasteiger partial charge in [0.25, 0.3) is 0 Å². The highest BCUT2D eigenvalue weighted by atomic mass is 79.9. The summed E-state index contributed by atoms with van der Waals surface area (Å²) < 4.78 is 6.98. The zero-order valence-corrected chi connectivity index (χ0v) is 17.2. The Kier molecular flexibility index (Phi) is 3.51. The van der Waals surface area contributed by atoms with Crippen molar-refractivity contribution in [3.05, 3.63) is 23.3 Å². The number of phenolic OH excluding ortho intramolecular Hbond substituents is 1. The monoisotopic (exact) mass is 435 g/mol. The zero-order chi connectivity index (χ0) is 17.9. The van der Waals surface area contributed by atoms with Crippen LogP contribution in [-0.2, 0) is 16.6 Å². The number of carbonyl (C=O) groups excluding carboxylic acids is 1. The van der Waals surface area contributed by atoms with Crippen LogP contribution in [0.2, 0.25) is 0 Å². The molecule has 146 valence electrons. The van der Waals surface area contributed by atoms with Gasteiger partial charge in [-0.2, -0.15) is 0 Å². The number of benzene rings is 1. The minimum Gasteiger partial charge on any atom is -1.00 e. The van der Waals surface area contributed by atoms with Crippen LogP contribution in [0.25, 0.3) is 0 Å². The Balaban J connectivity index is 0.00000160. The fraction of sp³-hybridized carbons (Fsp3) is 0.667. The third kappa shape index (κ3) is 1.94. The van der Waals surface area contributed by atoms with Crippen LogP contribution in [0.15, 0.2) is 12.1 Å². The average molecular weight is 436 g/mol. The van der Waals surface area contributed by atoms with Gasteiger partial charge in [0.05, 0.1) is 25.6 Å². The third-order valence-corrected chi connectivity index (χ3v) is 8.28. The van der Waals surface area contributed by atoms with E-state index in [4.69, 9.17) is 4.74 Å². The fourth-order valence-corrected chi connectivity index (χ4v) is 6.94. The van der Waals surface area contributed by atoms with Gasteiger partial charge in [-0.1, -0.05) is 6.07 Å². The number of nitrogens with zero attached hydrogens (tertiary/aromatic N) is 1. The van der Waals surface area contributed by atoms with Gasteiger partial charge in [-0.05, 0) is 30.9 Å². The number of aliphatic hydroxyl groups is 1. The molecule has 6 rings (SSSR count). The predicted octanol–water partition coefficient (Wildman–Crippen LogP) is -1.33. The predicted molar refractivity (Wildman–Crippen MR) is 94.1 cm³/mol. The molecule has 3 aliphatic carbocycles. The first-order valence-corrected chi connectivity index (χ1v) is 10.0. The Labute approximate surface area is 169 Å². The molecule has 1 aromatic carbocycles. The molecule has 3 fully saturated rings. The molecule has 2 bridgehead atoms. The highest BCUT2D eigenvalue weighted by molar-refractivity contribution is 5.90. The van der Waals surface area contributed by atoms with Crippen molar-refractivity contribution in [1.29, 1.82) is 0 Å². The van der Waals surface area contributed by atoms with Crippen LogP contribution >= 0.6 is 0 Å². The highest BCUT2D eigenvalue weighted by Crippen LogP contribution is 2.65. The van der Waals surface area contributed by atoms with Gasteiger partial charge in [-0.25, -0.2) is 0 Å². The summed E-state index contributed by atoms with van der Waals surface area (Å²) in [4.78, 5) is 12.8. The van der Waals surface area contributed by atoms with Gasteiger partial charge < -0.3 is 36.4 Å². The van der Waals surface area contributed by atoms with Crippen LogP contribution < -0.4 is 21.7 Å². The number of likely N-dealkylation sites (N-methyl/N-ethyl adjacent to an activating group) is 1. The number of carbonyl (C=O) groups is 1.